The molecule has 0 atom stereocenters. The van der Waals surface area contributed by atoms with Crippen LogP contribution in [0.4, 0.5) is 0 Å². The van der Waals surface area contributed by atoms with Gasteiger partial charge in [-0.05, 0) is 12.8 Å². The minimum atomic E-state index is -1.17. The summed E-state index contributed by atoms with van der Waals surface area (Å²) in [6.45, 7) is 3.87. The van der Waals surface area contributed by atoms with Gasteiger partial charge in [-0.25, -0.2) is 4.79 Å². The molecule has 1 aromatic rings. The second-order valence-electron chi connectivity index (χ2n) is 4.06. The molecule has 100 valence electrons. The third-order valence-corrected chi connectivity index (χ3v) is 3.04. The summed E-state index contributed by atoms with van der Waals surface area (Å²) in [5, 5.41) is 19.1. The zero-order valence-corrected chi connectivity index (χ0v) is 10.6. The highest BCUT2D eigenvalue weighted by atomic mass is 16.4. The van der Waals surface area contributed by atoms with Crippen LogP contribution < -0.4 is 5.32 Å². The van der Waals surface area contributed by atoms with Gasteiger partial charge in [0.1, 0.15) is 5.54 Å². The molecule has 1 heterocycles. The fourth-order valence-electron chi connectivity index (χ4n) is 1.68. The van der Waals surface area contributed by atoms with E-state index in [9.17, 15) is 14.7 Å². The highest BCUT2D eigenvalue weighted by Gasteiger charge is 2.36. The van der Waals surface area contributed by atoms with E-state index in [0.29, 0.717) is 19.4 Å². The first kappa shape index (κ1) is 14.1. The second kappa shape index (κ2) is 6.13. The fraction of sp³-hybridized carbons (Fsp3) is 0.636. The van der Waals surface area contributed by atoms with E-state index in [1.165, 1.54) is 10.9 Å². The molecule has 0 fully saturated rings. The van der Waals surface area contributed by atoms with Crippen LogP contribution in [0.3, 0.4) is 0 Å². The Morgan fingerprint density at radius 3 is 2.50 bits per heavy atom. The Bertz CT molecular complexity index is 398. The minimum absolute atomic E-state index is 0.179. The first-order chi connectivity index (χ1) is 8.54. The molecule has 0 radical (unpaired) electrons. The van der Waals surface area contributed by atoms with Crippen molar-refractivity contribution in [3.05, 3.63) is 12.4 Å². The molecule has 2 N–H and O–H groups in total. The monoisotopic (exact) mass is 254 g/mol. The number of hydrogen-bond acceptors (Lipinski definition) is 4. The third kappa shape index (κ3) is 3.28. The molecule has 7 heteroatoms. The zero-order valence-electron chi connectivity index (χ0n) is 10.6. The quantitative estimate of drug-likeness (QED) is 0.735. The molecule has 0 spiro atoms. The fourth-order valence-corrected chi connectivity index (χ4v) is 1.68. The third-order valence-electron chi connectivity index (χ3n) is 3.04. The molecule has 18 heavy (non-hydrogen) atoms. The van der Waals surface area contributed by atoms with Crippen LogP contribution in [-0.4, -0.2) is 37.5 Å². The first-order valence-electron chi connectivity index (χ1n) is 5.92. The maximum atomic E-state index is 11.7. The van der Waals surface area contributed by atoms with Crippen molar-refractivity contribution in [1.29, 1.82) is 0 Å². The number of carboxylic acids is 1. The number of rotatable bonds is 7. The van der Waals surface area contributed by atoms with Crippen LogP contribution >= 0.6 is 0 Å². The van der Waals surface area contributed by atoms with Gasteiger partial charge in [-0.2, -0.15) is 0 Å². The summed E-state index contributed by atoms with van der Waals surface area (Å²) in [6.07, 6.45) is 4.06. The van der Waals surface area contributed by atoms with Gasteiger partial charge in [0.25, 0.3) is 0 Å². The first-order valence-corrected chi connectivity index (χ1v) is 5.92. The lowest BCUT2D eigenvalue weighted by atomic mass is 9.93. The van der Waals surface area contributed by atoms with Crippen molar-refractivity contribution in [3.63, 3.8) is 0 Å². The molecular formula is C11H18N4O3. The Balaban J connectivity index is 2.54. The van der Waals surface area contributed by atoms with Gasteiger partial charge in [-0.3, -0.25) is 9.48 Å². The Kier molecular flexibility index (Phi) is 4.82. The van der Waals surface area contributed by atoms with E-state index < -0.39 is 11.5 Å². The average molecular weight is 254 g/mol. The standard InChI is InChI=1S/C11H18N4O3/c1-3-11(4-2,10(17)18)13-9(16)5-7-15-8-6-12-14-15/h6,8H,3-5,7H2,1-2H3,(H,13,16)(H,17,18). The molecular weight excluding hydrogens is 236 g/mol. The van der Waals surface area contributed by atoms with Crippen LogP contribution in [0.2, 0.25) is 0 Å². The molecule has 0 aliphatic rings. The van der Waals surface area contributed by atoms with Gasteiger partial charge in [0, 0.05) is 12.6 Å². The number of carbonyl (C=O) groups is 2. The van der Waals surface area contributed by atoms with Crippen molar-refractivity contribution in [2.24, 2.45) is 0 Å². The van der Waals surface area contributed by atoms with Crippen molar-refractivity contribution in [3.8, 4) is 0 Å². The number of aromatic nitrogens is 3. The second-order valence-corrected chi connectivity index (χ2v) is 4.06. The zero-order chi connectivity index (χ0) is 13.6. The molecule has 0 saturated heterocycles. The van der Waals surface area contributed by atoms with Gasteiger partial charge in [0.05, 0.1) is 12.7 Å². The van der Waals surface area contributed by atoms with E-state index in [1.807, 2.05) is 0 Å². The van der Waals surface area contributed by atoms with Crippen molar-refractivity contribution >= 4 is 11.9 Å². The summed E-state index contributed by atoms with van der Waals surface area (Å²) >= 11 is 0. The van der Waals surface area contributed by atoms with Gasteiger partial charge < -0.3 is 10.4 Å². The smallest absolute Gasteiger partial charge is 0.329 e. The number of carbonyl (C=O) groups excluding carboxylic acids is 1. The molecule has 1 rings (SSSR count). The number of hydrogen-bond donors (Lipinski definition) is 2. The normalized spacial score (nSPS) is 11.2. The molecule has 1 aromatic heterocycles. The van der Waals surface area contributed by atoms with Crippen molar-refractivity contribution < 1.29 is 14.7 Å². The predicted molar refractivity (Wildman–Crippen MR) is 63.7 cm³/mol. The van der Waals surface area contributed by atoms with Gasteiger partial charge in [0.2, 0.25) is 5.91 Å². The van der Waals surface area contributed by atoms with Crippen LogP contribution in [0.15, 0.2) is 12.4 Å². The molecule has 0 aromatic carbocycles. The maximum absolute atomic E-state index is 11.7. The van der Waals surface area contributed by atoms with Gasteiger partial charge in [-0.1, -0.05) is 19.1 Å². The lowest BCUT2D eigenvalue weighted by Crippen LogP contribution is -2.53. The highest BCUT2D eigenvalue weighted by Crippen LogP contribution is 2.15. The van der Waals surface area contributed by atoms with Crippen LogP contribution in [0.5, 0.6) is 0 Å². The Labute approximate surface area is 105 Å². The number of aliphatic carboxylic acids is 1. The number of amides is 1. The lowest BCUT2D eigenvalue weighted by Gasteiger charge is -2.28. The van der Waals surface area contributed by atoms with E-state index in [4.69, 9.17) is 0 Å². The SMILES string of the molecule is CCC(CC)(NC(=O)CCn1ccnn1)C(=O)O. The van der Waals surface area contributed by atoms with E-state index in [1.54, 1.807) is 20.0 Å². The largest absolute Gasteiger partial charge is 0.480 e. The summed E-state index contributed by atoms with van der Waals surface area (Å²) < 4.78 is 1.53. The summed E-state index contributed by atoms with van der Waals surface area (Å²) in [4.78, 5) is 22.9. The topological polar surface area (TPSA) is 97.1 Å². The highest BCUT2D eigenvalue weighted by molar-refractivity contribution is 5.86. The summed E-state index contributed by atoms with van der Waals surface area (Å²) in [5.74, 6) is -1.29. The van der Waals surface area contributed by atoms with Gasteiger partial charge in [0.15, 0.2) is 0 Å². The van der Waals surface area contributed by atoms with Gasteiger partial charge >= 0.3 is 5.97 Å². The van der Waals surface area contributed by atoms with E-state index >= 15 is 0 Å². The Morgan fingerprint density at radius 1 is 1.39 bits per heavy atom. The summed E-state index contributed by atoms with van der Waals surface area (Å²) in [5.41, 5.74) is -1.17. The molecule has 7 nitrogen and oxygen atoms in total. The Morgan fingerprint density at radius 2 is 2.06 bits per heavy atom. The maximum Gasteiger partial charge on any atom is 0.329 e. The Hall–Kier alpha value is -1.92. The number of nitrogens with one attached hydrogen (secondary N) is 1. The summed E-state index contributed by atoms with van der Waals surface area (Å²) in [6, 6.07) is 0. The number of carboxylic acid groups (broad SMARTS) is 1. The minimum Gasteiger partial charge on any atom is -0.480 e. The molecule has 0 aliphatic heterocycles. The summed E-state index contributed by atoms with van der Waals surface area (Å²) in [7, 11) is 0. The predicted octanol–water partition coefficient (Wildman–Crippen LogP) is 0.428. The number of nitrogens with zero attached hydrogens (tertiary/aromatic N) is 3. The van der Waals surface area contributed by atoms with Crippen LogP contribution in [0.25, 0.3) is 0 Å². The lowest BCUT2D eigenvalue weighted by molar-refractivity contribution is -0.148. The molecule has 0 unspecified atom stereocenters. The molecule has 0 bridgehead atoms. The number of aryl methyl sites for hydroxylation is 1. The van der Waals surface area contributed by atoms with Crippen LogP contribution in [0, 0.1) is 0 Å². The van der Waals surface area contributed by atoms with Crippen LogP contribution in [0.1, 0.15) is 33.1 Å². The van der Waals surface area contributed by atoms with E-state index in [2.05, 4.69) is 15.6 Å². The van der Waals surface area contributed by atoms with Crippen molar-refractivity contribution in [2.45, 2.75) is 45.2 Å². The van der Waals surface area contributed by atoms with Crippen molar-refractivity contribution in [1.82, 2.24) is 20.3 Å². The van der Waals surface area contributed by atoms with Crippen LogP contribution in [-0.2, 0) is 16.1 Å². The average Bonchev–Trinajstić information content (AvgIpc) is 2.86. The van der Waals surface area contributed by atoms with Gasteiger partial charge in [-0.15, -0.1) is 5.10 Å². The van der Waals surface area contributed by atoms with Crippen molar-refractivity contribution in [2.75, 3.05) is 0 Å². The van der Waals surface area contributed by atoms with E-state index in [-0.39, 0.29) is 12.3 Å². The molecule has 0 aliphatic carbocycles. The molecule has 0 saturated carbocycles. The molecule has 1 amide bonds. The van der Waals surface area contributed by atoms with E-state index in [0.717, 1.165) is 0 Å².